The molecule has 1 unspecified atom stereocenters. The monoisotopic (exact) mass is 313 g/mol. The van der Waals surface area contributed by atoms with Crippen LogP contribution in [0.25, 0.3) is 0 Å². The number of hydrogen-bond acceptors (Lipinski definition) is 2. The Balaban J connectivity index is 2.17. The second-order valence-corrected chi connectivity index (χ2v) is 6.67. The van der Waals surface area contributed by atoms with Crippen LogP contribution >= 0.6 is 11.6 Å². The standard InChI is InChI=1S/C17H25ClFNO/c1-12-6-8-17(21-3,9-7-12)16(20-2)10-13-4-5-14(18)11-15(13)19/h4-5,11-12,16,20H,6-10H2,1-3H3. The quantitative estimate of drug-likeness (QED) is 0.879. The first-order valence-electron chi connectivity index (χ1n) is 7.67. The Morgan fingerprint density at radius 2 is 2.10 bits per heavy atom. The van der Waals surface area contributed by atoms with Gasteiger partial charge in [0.25, 0.3) is 0 Å². The second-order valence-electron chi connectivity index (χ2n) is 6.23. The van der Waals surface area contributed by atoms with Crippen molar-refractivity contribution in [3.8, 4) is 0 Å². The van der Waals surface area contributed by atoms with Gasteiger partial charge in [-0.15, -0.1) is 0 Å². The van der Waals surface area contributed by atoms with E-state index >= 15 is 0 Å². The van der Waals surface area contributed by atoms with Gasteiger partial charge in [0.1, 0.15) is 5.82 Å². The van der Waals surface area contributed by atoms with E-state index in [2.05, 4.69) is 12.2 Å². The zero-order chi connectivity index (χ0) is 15.5. The number of rotatable bonds is 5. The summed E-state index contributed by atoms with van der Waals surface area (Å²) in [7, 11) is 3.70. The molecular formula is C17H25ClFNO. The van der Waals surface area contributed by atoms with Crippen LogP contribution in [0.15, 0.2) is 18.2 Å². The van der Waals surface area contributed by atoms with Gasteiger partial charge in [-0.3, -0.25) is 0 Å². The summed E-state index contributed by atoms with van der Waals surface area (Å²) in [5.41, 5.74) is 0.488. The third kappa shape index (κ3) is 3.77. The third-order valence-corrected chi connectivity index (χ3v) is 5.18. The Morgan fingerprint density at radius 3 is 2.62 bits per heavy atom. The van der Waals surface area contributed by atoms with E-state index in [0.29, 0.717) is 17.0 Å². The van der Waals surface area contributed by atoms with Crippen LogP contribution < -0.4 is 5.32 Å². The summed E-state index contributed by atoms with van der Waals surface area (Å²) < 4.78 is 20.0. The van der Waals surface area contributed by atoms with E-state index < -0.39 is 0 Å². The van der Waals surface area contributed by atoms with Crippen LogP contribution in [0.2, 0.25) is 5.02 Å². The highest BCUT2D eigenvalue weighted by atomic mass is 35.5. The molecule has 1 fully saturated rings. The van der Waals surface area contributed by atoms with Gasteiger partial charge >= 0.3 is 0 Å². The average Bonchev–Trinajstić information content (AvgIpc) is 2.48. The summed E-state index contributed by atoms with van der Waals surface area (Å²) in [5, 5.41) is 3.78. The SMILES string of the molecule is CNC(Cc1ccc(Cl)cc1F)C1(OC)CCC(C)CC1. The number of halogens is 2. The van der Waals surface area contributed by atoms with E-state index in [-0.39, 0.29) is 17.5 Å². The van der Waals surface area contributed by atoms with Gasteiger partial charge in [-0.2, -0.15) is 0 Å². The maximum absolute atomic E-state index is 14.1. The van der Waals surface area contributed by atoms with E-state index in [1.807, 2.05) is 7.05 Å². The maximum Gasteiger partial charge on any atom is 0.127 e. The molecule has 1 saturated carbocycles. The summed E-state index contributed by atoms with van der Waals surface area (Å²) in [6.07, 6.45) is 4.97. The van der Waals surface area contributed by atoms with Gasteiger partial charge in [-0.05, 0) is 62.8 Å². The largest absolute Gasteiger partial charge is 0.377 e. The second kappa shape index (κ2) is 7.08. The van der Waals surface area contributed by atoms with E-state index in [4.69, 9.17) is 16.3 Å². The highest BCUT2D eigenvalue weighted by Crippen LogP contribution is 2.38. The topological polar surface area (TPSA) is 21.3 Å². The number of methoxy groups -OCH3 is 1. The lowest BCUT2D eigenvalue weighted by atomic mass is 9.74. The highest BCUT2D eigenvalue weighted by Gasteiger charge is 2.41. The molecule has 1 aromatic rings. The minimum atomic E-state index is -0.238. The van der Waals surface area contributed by atoms with Crippen molar-refractivity contribution < 1.29 is 9.13 Å². The van der Waals surface area contributed by atoms with Crippen LogP contribution in [0.1, 0.15) is 38.2 Å². The predicted octanol–water partition coefficient (Wildman–Crippen LogP) is 4.20. The number of benzene rings is 1. The normalized spacial score (nSPS) is 27.6. The van der Waals surface area contributed by atoms with Gasteiger partial charge in [0.2, 0.25) is 0 Å². The molecule has 0 saturated heterocycles. The van der Waals surface area contributed by atoms with Gasteiger partial charge in [0, 0.05) is 18.2 Å². The van der Waals surface area contributed by atoms with Crippen LogP contribution in [0.3, 0.4) is 0 Å². The van der Waals surface area contributed by atoms with Crippen molar-refractivity contribution in [2.75, 3.05) is 14.2 Å². The number of hydrogen-bond donors (Lipinski definition) is 1. The molecule has 1 aliphatic carbocycles. The van der Waals surface area contributed by atoms with Crippen LogP contribution in [0.4, 0.5) is 4.39 Å². The summed E-state index contributed by atoms with van der Waals surface area (Å²) in [6.45, 7) is 2.28. The minimum Gasteiger partial charge on any atom is -0.377 e. The summed E-state index contributed by atoms with van der Waals surface area (Å²) in [5.74, 6) is 0.510. The molecule has 0 amide bonds. The van der Waals surface area contributed by atoms with Crippen molar-refractivity contribution in [2.24, 2.45) is 5.92 Å². The van der Waals surface area contributed by atoms with E-state index in [0.717, 1.165) is 31.6 Å². The lowest BCUT2D eigenvalue weighted by Gasteiger charge is -2.44. The molecule has 0 radical (unpaired) electrons. The first-order valence-corrected chi connectivity index (χ1v) is 8.05. The molecule has 0 aromatic heterocycles. The Labute approximate surface area is 132 Å². The molecule has 1 aromatic carbocycles. The maximum atomic E-state index is 14.1. The first-order chi connectivity index (χ1) is 10.0. The Hall–Kier alpha value is -0.640. The van der Waals surface area contributed by atoms with Crippen molar-refractivity contribution in [2.45, 2.75) is 50.7 Å². The minimum absolute atomic E-state index is 0.102. The predicted molar refractivity (Wildman–Crippen MR) is 85.3 cm³/mol. The number of ether oxygens (including phenoxy) is 1. The van der Waals surface area contributed by atoms with Gasteiger partial charge in [-0.25, -0.2) is 4.39 Å². The zero-order valence-electron chi connectivity index (χ0n) is 13.1. The number of nitrogens with one attached hydrogen (secondary N) is 1. The zero-order valence-corrected chi connectivity index (χ0v) is 13.8. The molecule has 0 heterocycles. The molecule has 0 aliphatic heterocycles. The summed E-state index contributed by atoms with van der Waals surface area (Å²) >= 11 is 5.83. The van der Waals surface area contributed by atoms with Crippen molar-refractivity contribution in [1.29, 1.82) is 0 Å². The summed E-state index contributed by atoms with van der Waals surface area (Å²) in [6, 6.07) is 5.00. The van der Waals surface area contributed by atoms with Crippen LogP contribution in [0.5, 0.6) is 0 Å². The van der Waals surface area contributed by atoms with E-state index in [9.17, 15) is 4.39 Å². The van der Waals surface area contributed by atoms with Crippen molar-refractivity contribution in [3.63, 3.8) is 0 Å². The molecule has 1 aliphatic rings. The fourth-order valence-electron chi connectivity index (χ4n) is 3.40. The van der Waals surface area contributed by atoms with Gasteiger partial charge in [0.15, 0.2) is 0 Å². The molecule has 4 heteroatoms. The molecule has 2 nitrogen and oxygen atoms in total. The molecule has 21 heavy (non-hydrogen) atoms. The lowest BCUT2D eigenvalue weighted by Crippen LogP contribution is -2.54. The Bertz CT molecular complexity index is 472. The average molecular weight is 314 g/mol. The molecule has 0 spiro atoms. The lowest BCUT2D eigenvalue weighted by molar-refractivity contribution is -0.0731. The first kappa shape index (κ1) is 16.7. The molecule has 1 N–H and O–H groups in total. The third-order valence-electron chi connectivity index (χ3n) is 4.95. The van der Waals surface area contributed by atoms with Crippen LogP contribution in [-0.4, -0.2) is 25.8 Å². The van der Waals surface area contributed by atoms with E-state index in [1.54, 1.807) is 19.2 Å². The van der Waals surface area contributed by atoms with Gasteiger partial charge < -0.3 is 10.1 Å². The number of likely N-dealkylation sites (N-methyl/N-ethyl adjacent to an activating group) is 1. The van der Waals surface area contributed by atoms with Crippen molar-refractivity contribution in [1.82, 2.24) is 5.32 Å². The fourth-order valence-corrected chi connectivity index (χ4v) is 3.56. The summed E-state index contributed by atoms with van der Waals surface area (Å²) in [4.78, 5) is 0. The molecule has 1 atom stereocenters. The van der Waals surface area contributed by atoms with Crippen LogP contribution in [0, 0.1) is 11.7 Å². The Morgan fingerprint density at radius 1 is 1.43 bits per heavy atom. The van der Waals surface area contributed by atoms with Crippen molar-refractivity contribution >= 4 is 11.6 Å². The van der Waals surface area contributed by atoms with Crippen molar-refractivity contribution in [3.05, 3.63) is 34.6 Å². The molecular weight excluding hydrogens is 289 g/mol. The highest BCUT2D eigenvalue weighted by molar-refractivity contribution is 6.30. The Kier molecular flexibility index (Phi) is 5.64. The molecule has 2 rings (SSSR count). The molecule has 0 bridgehead atoms. The van der Waals surface area contributed by atoms with Gasteiger partial charge in [-0.1, -0.05) is 24.6 Å². The van der Waals surface area contributed by atoms with E-state index in [1.165, 1.54) is 6.07 Å². The molecule has 118 valence electrons. The van der Waals surface area contributed by atoms with Gasteiger partial charge in [0.05, 0.1) is 5.60 Å². The van der Waals surface area contributed by atoms with Crippen LogP contribution in [-0.2, 0) is 11.2 Å². The smallest absolute Gasteiger partial charge is 0.127 e. The fraction of sp³-hybridized carbons (Fsp3) is 0.647.